The molecule has 1 aromatic carbocycles. The van der Waals surface area contributed by atoms with Crippen molar-refractivity contribution >= 4 is 33.1 Å². The number of nitrogens with zero attached hydrogens (tertiary/aromatic N) is 3. The van der Waals surface area contributed by atoms with Gasteiger partial charge >= 0.3 is 0 Å². The third kappa shape index (κ3) is 5.05. The minimum atomic E-state index is -3.55. The van der Waals surface area contributed by atoms with Gasteiger partial charge in [0.2, 0.25) is 10.0 Å². The van der Waals surface area contributed by atoms with E-state index < -0.39 is 10.0 Å². The molecule has 0 aliphatic rings. The van der Waals surface area contributed by atoms with Crippen molar-refractivity contribution in [3.05, 3.63) is 41.6 Å². The average Bonchev–Trinajstić information content (AvgIpc) is 2.52. The molecule has 0 saturated carbocycles. The molecule has 0 aliphatic heterocycles. The van der Waals surface area contributed by atoms with Gasteiger partial charge in [0.1, 0.15) is 0 Å². The molecule has 2 aromatic rings. The standard InChI is InChI=1S/C14H18ClN5O2S/c1-20(2)12-9-14(19-17-10-12)16-7-8-18-23(21,22)13-5-3-11(15)4-6-13/h3-6,9-10,18H,7-8H2,1-2H3,(H,16,19). The Bertz CT molecular complexity index is 750. The van der Waals surface area contributed by atoms with Gasteiger partial charge in [-0.1, -0.05) is 11.6 Å². The number of anilines is 2. The molecule has 23 heavy (non-hydrogen) atoms. The van der Waals surface area contributed by atoms with E-state index in [4.69, 9.17) is 11.6 Å². The number of aromatic nitrogens is 2. The monoisotopic (exact) mass is 355 g/mol. The summed E-state index contributed by atoms with van der Waals surface area (Å²) in [7, 11) is 0.262. The molecule has 9 heteroatoms. The fourth-order valence-corrected chi connectivity index (χ4v) is 2.92. The first-order valence-electron chi connectivity index (χ1n) is 6.87. The minimum absolute atomic E-state index is 0.177. The second kappa shape index (κ2) is 7.58. The lowest BCUT2D eigenvalue weighted by atomic mass is 10.4. The van der Waals surface area contributed by atoms with Crippen LogP contribution in [0.5, 0.6) is 0 Å². The molecule has 1 aromatic heterocycles. The van der Waals surface area contributed by atoms with Crippen LogP contribution in [0.2, 0.25) is 5.02 Å². The van der Waals surface area contributed by atoms with E-state index in [-0.39, 0.29) is 11.4 Å². The molecule has 0 amide bonds. The van der Waals surface area contributed by atoms with Crippen LogP contribution in [0, 0.1) is 0 Å². The van der Waals surface area contributed by atoms with Crippen molar-refractivity contribution in [1.82, 2.24) is 14.9 Å². The molecule has 7 nitrogen and oxygen atoms in total. The molecule has 0 aliphatic carbocycles. The number of benzene rings is 1. The van der Waals surface area contributed by atoms with Crippen LogP contribution in [0.4, 0.5) is 11.5 Å². The zero-order valence-corrected chi connectivity index (χ0v) is 14.4. The van der Waals surface area contributed by atoms with Crippen LogP contribution in [-0.2, 0) is 10.0 Å². The lowest BCUT2D eigenvalue weighted by Crippen LogP contribution is -2.29. The molecule has 0 atom stereocenters. The van der Waals surface area contributed by atoms with Crippen LogP contribution >= 0.6 is 11.6 Å². The van der Waals surface area contributed by atoms with Gasteiger partial charge in [-0.3, -0.25) is 0 Å². The van der Waals surface area contributed by atoms with Gasteiger partial charge < -0.3 is 10.2 Å². The minimum Gasteiger partial charge on any atom is -0.376 e. The first kappa shape index (κ1) is 17.5. The second-order valence-corrected chi connectivity index (χ2v) is 7.18. The average molecular weight is 356 g/mol. The molecular weight excluding hydrogens is 338 g/mol. The van der Waals surface area contributed by atoms with Gasteiger partial charge in [-0.15, -0.1) is 5.10 Å². The predicted molar refractivity (Wildman–Crippen MR) is 91.5 cm³/mol. The Morgan fingerprint density at radius 2 is 1.87 bits per heavy atom. The van der Waals surface area contributed by atoms with E-state index in [0.717, 1.165) is 5.69 Å². The number of hydrogen-bond donors (Lipinski definition) is 2. The third-order valence-corrected chi connectivity index (χ3v) is 4.73. The zero-order valence-electron chi connectivity index (χ0n) is 12.8. The molecule has 0 radical (unpaired) electrons. The Balaban J connectivity index is 1.87. The van der Waals surface area contributed by atoms with Gasteiger partial charge in [0, 0.05) is 38.3 Å². The summed E-state index contributed by atoms with van der Waals surface area (Å²) in [5, 5.41) is 11.3. The van der Waals surface area contributed by atoms with Gasteiger partial charge in [0.05, 0.1) is 16.8 Å². The Morgan fingerprint density at radius 1 is 1.17 bits per heavy atom. The highest BCUT2D eigenvalue weighted by atomic mass is 35.5. The highest BCUT2D eigenvalue weighted by molar-refractivity contribution is 7.89. The zero-order chi connectivity index (χ0) is 16.9. The number of nitrogens with one attached hydrogen (secondary N) is 2. The van der Waals surface area contributed by atoms with Crippen molar-refractivity contribution < 1.29 is 8.42 Å². The molecule has 124 valence electrons. The van der Waals surface area contributed by atoms with Crippen molar-refractivity contribution in [3.63, 3.8) is 0 Å². The molecule has 0 fully saturated rings. The first-order valence-corrected chi connectivity index (χ1v) is 8.74. The van der Waals surface area contributed by atoms with Gasteiger partial charge in [-0.2, -0.15) is 5.10 Å². The molecule has 0 spiro atoms. The molecule has 0 saturated heterocycles. The summed E-state index contributed by atoms with van der Waals surface area (Å²) in [6.07, 6.45) is 1.65. The maximum absolute atomic E-state index is 12.1. The fourth-order valence-electron chi connectivity index (χ4n) is 1.76. The van der Waals surface area contributed by atoms with E-state index in [1.807, 2.05) is 25.1 Å². The highest BCUT2D eigenvalue weighted by Crippen LogP contribution is 2.14. The number of halogens is 1. The molecule has 2 N–H and O–H groups in total. The molecular formula is C14H18ClN5O2S. The van der Waals surface area contributed by atoms with Crippen LogP contribution in [-0.4, -0.2) is 45.8 Å². The number of rotatable bonds is 7. The van der Waals surface area contributed by atoms with Crippen LogP contribution in [0.3, 0.4) is 0 Å². The number of sulfonamides is 1. The van der Waals surface area contributed by atoms with E-state index in [2.05, 4.69) is 20.2 Å². The van der Waals surface area contributed by atoms with Gasteiger partial charge in [0.25, 0.3) is 0 Å². The second-order valence-electron chi connectivity index (χ2n) is 4.97. The summed E-state index contributed by atoms with van der Waals surface area (Å²) < 4.78 is 26.7. The van der Waals surface area contributed by atoms with Crippen molar-refractivity contribution in [3.8, 4) is 0 Å². The van der Waals surface area contributed by atoms with Gasteiger partial charge in [0.15, 0.2) is 5.82 Å². The Labute approximate surface area is 140 Å². The molecule has 0 bridgehead atoms. The molecule has 2 rings (SSSR count). The topological polar surface area (TPSA) is 87.2 Å². The molecule has 0 unspecified atom stereocenters. The lowest BCUT2D eigenvalue weighted by Gasteiger charge is -2.13. The summed E-state index contributed by atoms with van der Waals surface area (Å²) in [5.41, 5.74) is 0.907. The largest absolute Gasteiger partial charge is 0.376 e. The fraction of sp³-hybridized carbons (Fsp3) is 0.286. The van der Waals surface area contributed by atoms with Crippen LogP contribution < -0.4 is 14.9 Å². The van der Waals surface area contributed by atoms with E-state index in [1.54, 1.807) is 6.20 Å². The van der Waals surface area contributed by atoms with E-state index in [1.165, 1.54) is 24.3 Å². The maximum Gasteiger partial charge on any atom is 0.240 e. The normalized spacial score (nSPS) is 11.3. The van der Waals surface area contributed by atoms with E-state index in [0.29, 0.717) is 17.4 Å². The summed E-state index contributed by atoms with van der Waals surface area (Å²) >= 11 is 5.75. The van der Waals surface area contributed by atoms with Crippen LogP contribution in [0.15, 0.2) is 41.4 Å². The van der Waals surface area contributed by atoms with Crippen LogP contribution in [0.1, 0.15) is 0 Å². The lowest BCUT2D eigenvalue weighted by molar-refractivity contribution is 0.583. The van der Waals surface area contributed by atoms with Gasteiger partial charge in [-0.05, 0) is 24.3 Å². The predicted octanol–water partition coefficient (Wildman–Crippen LogP) is 1.59. The Morgan fingerprint density at radius 3 is 2.52 bits per heavy atom. The van der Waals surface area contributed by atoms with E-state index in [9.17, 15) is 8.42 Å². The van der Waals surface area contributed by atoms with Crippen molar-refractivity contribution in [2.24, 2.45) is 0 Å². The van der Waals surface area contributed by atoms with E-state index >= 15 is 0 Å². The quantitative estimate of drug-likeness (QED) is 0.733. The summed E-state index contributed by atoms with van der Waals surface area (Å²) in [6.45, 7) is 0.608. The van der Waals surface area contributed by atoms with Gasteiger partial charge in [-0.25, -0.2) is 13.1 Å². The third-order valence-electron chi connectivity index (χ3n) is 3.00. The molecule has 1 heterocycles. The van der Waals surface area contributed by atoms with Crippen LogP contribution in [0.25, 0.3) is 0 Å². The summed E-state index contributed by atoms with van der Waals surface area (Å²) in [5.74, 6) is 0.585. The van der Waals surface area contributed by atoms with Crippen molar-refractivity contribution in [2.45, 2.75) is 4.90 Å². The SMILES string of the molecule is CN(C)c1cnnc(NCCNS(=O)(=O)c2ccc(Cl)cc2)c1. The maximum atomic E-state index is 12.1. The highest BCUT2D eigenvalue weighted by Gasteiger charge is 2.12. The Kier molecular flexibility index (Phi) is 5.75. The van der Waals surface area contributed by atoms with Crippen molar-refractivity contribution in [1.29, 1.82) is 0 Å². The smallest absolute Gasteiger partial charge is 0.240 e. The Hall–Kier alpha value is -1.90. The first-order chi connectivity index (χ1) is 10.9. The summed E-state index contributed by atoms with van der Waals surface area (Å²) in [4.78, 5) is 2.08. The summed E-state index contributed by atoms with van der Waals surface area (Å²) in [6, 6.07) is 7.84. The van der Waals surface area contributed by atoms with Crippen molar-refractivity contribution in [2.75, 3.05) is 37.4 Å². The number of hydrogen-bond acceptors (Lipinski definition) is 6.